The molecule has 2 rings (SSSR count). The third-order valence-electron chi connectivity index (χ3n) is 2.63. The van der Waals surface area contributed by atoms with Gasteiger partial charge in [-0.15, -0.1) is 5.10 Å². The van der Waals surface area contributed by atoms with Gasteiger partial charge >= 0.3 is 0 Å². The van der Waals surface area contributed by atoms with Crippen molar-refractivity contribution in [3.05, 3.63) is 11.6 Å². The largest absolute Gasteiger partial charge is 0.339 e. The van der Waals surface area contributed by atoms with Crippen LogP contribution in [0.5, 0.6) is 0 Å². The lowest BCUT2D eigenvalue weighted by Crippen LogP contribution is -2.29. The van der Waals surface area contributed by atoms with Gasteiger partial charge in [-0.3, -0.25) is 9.89 Å². The Morgan fingerprint density at radius 2 is 2.33 bits per heavy atom. The highest BCUT2D eigenvalue weighted by atomic mass is 16.2. The topological polar surface area (TPSA) is 61.9 Å². The van der Waals surface area contributed by atoms with Gasteiger partial charge in [0, 0.05) is 20.0 Å². The van der Waals surface area contributed by atoms with Gasteiger partial charge in [-0.05, 0) is 18.8 Å². The standard InChI is InChI=1S/C10H16N4O/c1-3-8-11-9(13-12-8)10(15)14(2)6-7-4-5-7/h7H,3-6H2,1-2H3,(H,11,12,13). The maximum Gasteiger partial charge on any atom is 0.293 e. The Balaban J connectivity index is 1.98. The van der Waals surface area contributed by atoms with E-state index in [1.807, 2.05) is 14.0 Å². The average molecular weight is 208 g/mol. The third-order valence-corrected chi connectivity index (χ3v) is 2.63. The molecule has 82 valence electrons. The van der Waals surface area contributed by atoms with E-state index in [2.05, 4.69) is 15.2 Å². The van der Waals surface area contributed by atoms with Gasteiger partial charge in [-0.1, -0.05) is 6.92 Å². The first-order valence-corrected chi connectivity index (χ1v) is 5.37. The summed E-state index contributed by atoms with van der Waals surface area (Å²) >= 11 is 0. The molecule has 1 aliphatic rings. The van der Waals surface area contributed by atoms with Crippen LogP contribution in [-0.2, 0) is 6.42 Å². The molecule has 0 aliphatic heterocycles. The second-order valence-electron chi connectivity index (χ2n) is 4.09. The molecule has 0 saturated heterocycles. The van der Waals surface area contributed by atoms with Gasteiger partial charge in [-0.25, -0.2) is 4.98 Å². The first-order valence-electron chi connectivity index (χ1n) is 5.37. The van der Waals surface area contributed by atoms with E-state index >= 15 is 0 Å². The first kappa shape index (κ1) is 10.1. The van der Waals surface area contributed by atoms with Gasteiger partial charge in [0.05, 0.1) is 0 Å². The Bertz CT molecular complexity index is 356. The van der Waals surface area contributed by atoms with Crippen LogP contribution in [0.2, 0.25) is 0 Å². The lowest BCUT2D eigenvalue weighted by Gasteiger charge is -2.13. The fourth-order valence-electron chi connectivity index (χ4n) is 1.49. The molecule has 0 unspecified atom stereocenters. The van der Waals surface area contributed by atoms with Crippen LogP contribution >= 0.6 is 0 Å². The van der Waals surface area contributed by atoms with Crippen LogP contribution in [0.15, 0.2) is 0 Å². The van der Waals surface area contributed by atoms with E-state index in [9.17, 15) is 4.79 Å². The molecule has 0 spiro atoms. The van der Waals surface area contributed by atoms with Crippen LogP contribution in [-0.4, -0.2) is 39.6 Å². The number of carbonyl (C=O) groups excluding carboxylic acids is 1. The minimum Gasteiger partial charge on any atom is -0.339 e. The zero-order valence-electron chi connectivity index (χ0n) is 9.16. The second-order valence-corrected chi connectivity index (χ2v) is 4.09. The summed E-state index contributed by atoms with van der Waals surface area (Å²) in [6, 6.07) is 0. The predicted molar refractivity (Wildman–Crippen MR) is 55.4 cm³/mol. The van der Waals surface area contributed by atoms with Crippen LogP contribution in [0.1, 0.15) is 36.2 Å². The molecule has 5 nitrogen and oxygen atoms in total. The minimum atomic E-state index is -0.0853. The Labute approximate surface area is 88.9 Å². The molecule has 5 heteroatoms. The van der Waals surface area contributed by atoms with Crippen molar-refractivity contribution >= 4 is 5.91 Å². The van der Waals surface area contributed by atoms with Gasteiger partial charge in [0.2, 0.25) is 5.82 Å². The molecular formula is C10H16N4O. The predicted octanol–water partition coefficient (Wildman–Crippen LogP) is 0.849. The van der Waals surface area contributed by atoms with E-state index < -0.39 is 0 Å². The summed E-state index contributed by atoms with van der Waals surface area (Å²) in [7, 11) is 1.81. The Morgan fingerprint density at radius 3 is 2.87 bits per heavy atom. The summed E-state index contributed by atoms with van der Waals surface area (Å²) in [6.45, 7) is 2.80. The van der Waals surface area contributed by atoms with Crippen molar-refractivity contribution in [3.63, 3.8) is 0 Å². The number of nitrogens with zero attached hydrogens (tertiary/aromatic N) is 3. The van der Waals surface area contributed by atoms with E-state index in [4.69, 9.17) is 0 Å². The average Bonchev–Trinajstić information content (AvgIpc) is 2.92. The van der Waals surface area contributed by atoms with Crippen molar-refractivity contribution < 1.29 is 4.79 Å². The Hall–Kier alpha value is -1.39. The highest BCUT2D eigenvalue weighted by molar-refractivity contribution is 5.90. The van der Waals surface area contributed by atoms with Crippen LogP contribution in [0.3, 0.4) is 0 Å². The summed E-state index contributed by atoms with van der Waals surface area (Å²) in [5, 5.41) is 6.66. The third kappa shape index (κ3) is 2.34. The van der Waals surface area contributed by atoms with Crippen molar-refractivity contribution in [2.75, 3.05) is 13.6 Å². The molecule has 1 saturated carbocycles. The number of hydrogen-bond donors (Lipinski definition) is 1. The van der Waals surface area contributed by atoms with Crippen molar-refractivity contribution in [2.24, 2.45) is 5.92 Å². The van der Waals surface area contributed by atoms with Gasteiger partial charge in [0.25, 0.3) is 5.91 Å². The minimum absolute atomic E-state index is 0.0853. The molecule has 1 aromatic rings. The lowest BCUT2D eigenvalue weighted by molar-refractivity contribution is 0.0777. The van der Waals surface area contributed by atoms with E-state index in [0.29, 0.717) is 5.92 Å². The molecule has 1 fully saturated rings. The number of aromatic amines is 1. The highest BCUT2D eigenvalue weighted by Crippen LogP contribution is 2.29. The van der Waals surface area contributed by atoms with E-state index in [1.165, 1.54) is 12.8 Å². The fraction of sp³-hybridized carbons (Fsp3) is 0.700. The summed E-state index contributed by atoms with van der Waals surface area (Å²) in [6.07, 6.45) is 3.25. The van der Waals surface area contributed by atoms with Crippen LogP contribution < -0.4 is 0 Å². The zero-order valence-corrected chi connectivity index (χ0v) is 9.16. The van der Waals surface area contributed by atoms with E-state index in [0.717, 1.165) is 18.8 Å². The Morgan fingerprint density at radius 1 is 1.60 bits per heavy atom. The number of rotatable bonds is 4. The molecule has 0 atom stereocenters. The van der Waals surface area contributed by atoms with Crippen LogP contribution in [0, 0.1) is 5.92 Å². The summed E-state index contributed by atoms with van der Waals surface area (Å²) in [4.78, 5) is 17.6. The summed E-state index contributed by atoms with van der Waals surface area (Å²) in [5.74, 6) is 1.66. The van der Waals surface area contributed by atoms with E-state index in [1.54, 1.807) is 4.90 Å². The van der Waals surface area contributed by atoms with Gasteiger partial charge < -0.3 is 4.90 Å². The molecule has 1 heterocycles. The summed E-state index contributed by atoms with van der Waals surface area (Å²) < 4.78 is 0. The maximum atomic E-state index is 11.8. The lowest BCUT2D eigenvalue weighted by atomic mass is 10.3. The molecule has 15 heavy (non-hydrogen) atoms. The molecule has 1 amide bonds. The molecule has 0 bridgehead atoms. The SMILES string of the molecule is CCc1nc(C(=O)N(C)CC2CC2)n[nH]1. The second kappa shape index (κ2) is 4.00. The monoisotopic (exact) mass is 208 g/mol. The van der Waals surface area contributed by atoms with Crippen molar-refractivity contribution in [2.45, 2.75) is 26.2 Å². The van der Waals surface area contributed by atoms with Gasteiger partial charge in [0.15, 0.2) is 0 Å². The van der Waals surface area contributed by atoms with Crippen molar-refractivity contribution in [1.82, 2.24) is 20.1 Å². The number of aryl methyl sites for hydroxylation is 1. The number of H-pyrrole nitrogens is 1. The van der Waals surface area contributed by atoms with Gasteiger partial charge in [0.1, 0.15) is 5.82 Å². The van der Waals surface area contributed by atoms with Crippen LogP contribution in [0.4, 0.5) is 0 Å². The Kier molecular flexibility index (Phi) is 2.70. The quantitative estimate of drug-likeness (QED) is 0.797. The van der Waals surface area contributed by atoms with Crippen molar-refractivity contribution in [3.8, 4) is 0 Å². The smallest absolute Gasteiger partial charge is 0.293 e. The van der Waals surface area contributed by atoms with Gasteiger partial charge in [-0.2, -0.15) is 0 Å². The molecule has 0 aromatic carbocycles. The molecule has 1 N–H and O–H groups in total. The number of aromatic nitrogens is 3. The number of amides is 1. The number of nitrogens with one attached hydrogen (secondary N) is 1. The normalized spacial score (nSPS) is 15.3. The summed E-state index contributed by atoms with van der Waals surface area (Å²) in [5.41, 5.74) is 0. The fourth-order valence-corrected chi connectivity index (χ4v) is 1.49. The molecular weight excluding hydrogens is 192 g/mol. The zero-order chi connectivity index (χ0) is 10.8. The maximum absolute atomic E-state index is 11.8. The first-order chi connectivity index (χ1) is 7.20. The molecule has 1 aromatic heterocycles. The molecule has 0 radical (unpaired) electrons. The number of carbonyl (C=O) groups is 1. The van der Waals surface area contributed by atoms with E-state index in [-0.39, 0.29) is 11.7 Å². The number of hydrogen-bond acceptors (Lipinski definition) is 3. The highest BCUT2D eigenvalue weighted by Gasteiger charge is 2.26. The van der Waals surface area contributed by atoms with Crippen molar-refractivity contribution in [1.29, 1.82) is 0 Å². The van der Waals surface area contributed by atoms with Crippen LogP contribution in [0.25, 0.3) is 0 Å². The molecule has 1 aliphatic carbocycles.